The van der Waals surface area contributed by atoms with Crippen molar-refractivity contribution in [1.82, 2.24) is 0 Å². The van der Waals surface area contributed by atoms with Crippen LogP contribution in [-0.4, -0.2) is 28.4 Å². The smallest absolute Gasteiger partial charge is 0.339 e. The van der Waals surface area contributed by atoms with Crippen molar-refractivity contribution in [1.29, 1.82) is 0 Å². The number of phenols is 1. The number of carboxylic acids is 1. The van der Waals surface area contributed by atoms with E-state index in [1.54, 1.807) is 6.07 Å². The topological polar surface area (TPSA) is 76.0 Å². The van der Waals surface area contributed by atoms with Crippen LogP contribution in [-0.2, 0) is 9.47 Å². The molecular formula is C23H32O5. The summed E-state index contributed by atoms with van der Waals surface area (Å²) in [7, 11) is 0. The van der Waals surface area contributed by atoms with Gasteiger partial charge in [-0.15, -0.1) is 0 Å². The lowest BCUT2D eigenvalue weighted by atomic mass is 9.98. The zero-order valence-electron chi connectivity index (χ0n) is 16.5. The Morgan fingerprint density at radius 2 is 1.50 bits per heavy atom. The van der Waals surface area contributed by atoms with Crippen molar-refractivity contribution < 1.29 is 24.5 Å². The van der Waals surface area contributed by atoms with Crippen molar-refractivity contribution in [3.63, 3.8) is 0 Å². The van der Waals surface area contributed by atoms with Crippen molar-refractivity contribution in [3.05, 3.63) is 41.5 Å². The molecule has 2 N–H and O–H groups in total. The Bertz CT molecular complexity index is 645. The summed E-state index contributed by atoms with van der Waals surface area (Å²) >= 11 is 0. The minimum Gasteiger partial charge on any atom is -0.507 e. The number of hydrogen-bond acceptors (Lipinski definition) is 4. The molecule has 2 unspecified atom stereocenters. The highest BCUT2D eigenvalue weighted by Gasteiger charge is 2.31. The van der Waals surface area contributed by atoms with Gasteiger partial charge >= 0.3 is 5.97 Å². The quantitative estimate of drug-likeness (QED) is 0.632. The molecule has 2 atom stereocenters. The predicted molar refractivity (Wildman–Crippen MR) is 107 cm³/mol. The first-order chi connectivity index (χ1) is 13.6. The Kier molecular flexibility index (Phi) is 7.92. The Morgan fingerprint density at radius 3 is 2.07 bits per heavy atom. The minimum atomic E-state index is -1.15. The average Bonchev–Trinajstić information content (AvgIpc) is 2.69. The number of ether oxygens (including phenoxy) is 2. The number of benzene rings is 1. The van der Waals surface area contributed by atoms with Crippen molar-refractivity contribution in [2.24, 2.45) is 0 Å². The summed E-state index contributed by atoms with van der Waals surface area (Å²) in [6.45, 7) is 0. The summed E-state index contributed by atoms with van der Waals surface area (Å²) in [6, 6.07) is 4.57. The molecule has 1 aromatic rings. The third-order valence-electron chi connectivity index (χ3n) is 5.64. The van der Waals surface area contributed by atoms with Crippen LogP contribution < -0.4 is 0 Å². The maximum atomic E-state index is 11.3. The molecule has 1 aromatic carbocycles. The number of aromatic hydroxyl groups is 1. The summed E-state index contributed by atoms with van der Waals surface area (Å²) in [5.74, 6) is -1.39. The Labute approximate surface area is 167 Å². The number of carboxylic acid groups (broad SMARTS) is 1. The second-order valence-corrected chi connectivity index (χ2v) is 7.91. The monoisotopic (exact) mass is 388 g/mol. The highest BCUT2D eigenvalue weighted by molar-refractivity contribution is 5.90. The second kappa shape index (κ2) is 10.6. The number of hydrogen-bond donors (Lipinski definition) is 2. The van der Waals surface area contributed by atoms with Crippen molar-refractivity contribution in [3.8, 4) is 5.75 Å². The summed E-state index contributed by atoms with van der Waals surface area (Å²) in [5.41, 5.74) is 0.543. The average molecular weight is 389 g/mol. The molecule has 154 valence electrons. The molecule has 2 bridgehead atoms. The lowest BCUT2D eigenvalue weighted by Gasteiger charge is -2.36. The van der Waals surface area contributed by atoms with Gasteiger partial charge < -0.3 is 19.7 Å². The number of carbonyl (C=O) groups is 1. The van der Waals surface area contributed by atoms with Crippen LogP contribution in [0.25, 0.3) is 0 Å². The minimum absolute atomic E-state index is 0.116. The van der Waals surface area contributed by atoms with Gasteiger partial charge in [0.25, 0.3) is 0 Å². The molecule has 0 amide bonds. The van der Waals surface area contributed by atoms with E-state index in [9.17, 15) is 15.0 Å². The summed E-state index contributed by atoms with van der Waals surface area (Å²) in [4.78, 5) is 11.3. The Balaban J connectivity index is 1.70. The molecule has 1 heterocycles. The number of rotatable bonds is 2. The van der Waals surface area contributed by atoms with Gasteiger partial charge in [-0.1, -0.05) is 43.9 Å². The molecule has 0 radical (unpaired) electrons. The van der Waals surface area contributed by atoms with Crippen molar-refractivity contribution in [2.75, 3.05) is 0 Å². The van der Waals surface area contributed by atoms with E-state index in [-0.39, 0.29) is 23.5 Å². The fourth-order valence-corrected chi connectivity index (χ4v) is 4.04. The first-order valence-corrected chi connectivity index (χ1v) is 10.7. The fourth-order valence-electron chi connectivity index (χ4n) is 4.04. The van der Waals surface area contributed by atoms with E-state index in [1.165, 1.54) is 37.8 Å². The van der Waals surface area contributed by atoms with Gasteiger partial charge in [-0.2, -0.15) is 0 Å². The van der Waals surface area contributed by atoms with Crippen LogP contribution in [0.1, 0.15) is 92.8 Å². The molecule has 28 heavy (non-hydrogen) atoms. The van der Waals surface area contributed by atoms with Crippen LogP contribution in [0.3, 0.4) is 0 Å². The first kappa shape index (κ1) is 20.9. The molecule has 1 fully saturated rings. The molecule has 5 nitrogen and oxygen atoms in total. The molecule has 0 saturated carbocycles. The number of allylic oxidation sites excluding steroid dienone is 2. The van der Waals surface area contributed by atoms with E-state index in [0.717, 1.165) is 44.9 Å². The molecule has 3 rings (SSSR count). The van der Waals surface area contributed by atoms with Crippen LogP contribution in [0.15, 0.2) is 30.4 Å². The summed E-state index contributed by atoms with van der Waals surface area (Å²) in [5, 5.41) is 19.1. The summed E-state index contributed by atoms with van der Waals surface area (Å²) < 4.78 is 12.4. The van der Waals surface area contributed by atoms with E-state index < -0.39 is 12.3 Å². The van der Waals surface area contributed by atoms with Gasteiger partial charge in [-0.05, 0) is 50.7 Å². The van der Waals surface area contributed by atoms with E-state index in [2.05, 4.69) is 12.2 Å². The molecule has 1 aliphatic carbocycles. The standard InChI is InChI=1S/C23H32O5/c24-21-14-13-17(15-20(21)22(25)26)23-27-18-11-9-7-5-3-1-2-4-6-8-10-12-19(16-18)28-23/h1-2,13-15,18-19,23-24H,3-12,16H2,(H,25,26)/b2-1-. The normalized spacial score (nSPS) is 28.6. The molecule has 0 aromatic heterocycles. The third kappa shape index (κ3) is 6.08. The molecular weight excluding hydrogens is 356 g/mol. The molecule has 0 spiro atoms. The Morgan fingerprint density at radius 1 is 0.893 bits per heavy atom. The van der Waals surface area contributed by atoms with Crippen molar-refractivity contribution in [2.45, 2.75) is 89.1 Å². The van der Waals surface area contributed by atoms with Crippen molar-refractivity contribution >= 4 is 5.97 Å². The zero-order valence-corrected chi connectivity index (χ0v) is 16.5. The second-order valence-electron chi connectivity index (χ2n) is 7.91. The van der Waals surface area contributed by atoms with Gasteiger partial charge in [0.05, 0.1) is 12.2 Å². The maximum absolute atomic E-state index is 11.3. The number of fused-ring (bicyclic) bond motifs is 2. The molecule has 5 heteroatoms. The molecule has 1 aliphatic heterocycles. The van der Waals surface area contributed by atoms with Gasteiger partial charge in [-0.3, -0.25) is 0 Å². The third-order valence-corrected chi connectivity index (χ3v) is 5.64. The predicted octanol–water partition coefficient (Wildman–Crippen LogP) is 5.73. The first-order valence-electron chi connectivity index (χ1n) is 10.7. The maximum Gasteiger partial charge on any atom is 0.339 e. The highest BCUT2D eigenvalue weighted by Crippen LogP contribution is 2.35. The summed E-state index contributed by atoms with van der Waals surface area (Å²) in [6.07, 6.45) is 16.6. The van der Waals surface area contributed by atoms with Crippen LogP contribution in [0, 0.1) is 0 Å². The van der Waals surface area contributed by atoms with E-state index in [4.69, 9.17) is 9.47 Å². The SMILES string of the molecule is O=C(O)c1cc(C2OC3CCCCC/C=C\CCCCCC(C3)O2)ccc1O. The Hall–Kier alpha value is -1.85. The van der Waals surface area contributed by atoms with Crippen LogP contribution >= 0.6 is 0 Å². The van der Waals surface area contributed by atoms with Gasteiger partial charge in [0.2, 0.25) is 0 Å². The van der Waals surface area contributed by atoms with Gasteiger partial charge in [-0.25, -0.2) is 4.79 Å². The lowest BCUT2D eigenvalue weighted by molar-refractivity contribution is -0.250. The van der Waals surface area contributed by atoms with Crippen LogP contribution in [0.4, 0.5) is 0 Å². The van der Waals surface area contributed by atoms with Crippen LogP contribution in [0.2, 0.25) is 0 Å². The van der Waals surface area contributed by atoms with Gasteiger partial charge in [0.1, 0.15) is 11.3 Å². The van der Waals surface area contributed by atoms with Crippen LogP contribution in [0.5, 0.6) is 5.75 Å². The van der Waals surface area contributed by atoms with E-state index >= 15 is 0 Å². The molecule has 2 aliphatic rings. The van der Waals surface area contributed by atoms with Gasteiger partial charge in [0.15, 0.2) is 6.29 Å². The largest absolute Gasteiger partial charge is 0.507 e. The van der Waals surface area contributed by atoms with E-state index in [1.807, 2.05) is 0 Å². The number of aromatic carboxylic acids is 1. The van der Waals surface area contributed by atoms with E-state index in [0.29, 0.717) is 5.56 Å². The fraction of sp³-hybridized carbons (Fsp3) is 0.609. The zero-order chi connectivity index (χ0) is 19.8. The lowest BCUT2D eigenvalue weighted by Crippen LogP contribution is -2.34. The molecule has 1 saturated heterocycles. The van der Waals surface area contributed by atoms with Gasteiger partial charge in [0, 0.05) is 12.0 Å². The highest BCUT2D eigenvalue weighted by atomic mass is 16.7.